The number of oxime groups is 1. The highest BCUT2D eigenvalue weighted by atomic mass is 79.9. The summed E-state index contributed by atoms with van der Waals surface area (Å²) in [7, 11) is 1.26. The zero-order valence-corrected chi connectivity index (χ0v) is 10.4. The van der Waals surface area contributed by atoms with Crippen molar-refractivity contribution in [2.75, 3.05) is 7.11 Å². The van der Waals surface area contributed by atoms with E-state index in [0.717, 1.165) is 10.0 Å². The quantitative estimate of drug-likeness (QED) is 0.400. The Morgan fingerprint density at radius 2 is 2.19 bits per heavy atom. The molecule has 0 saturated carbocycles. The molecule has 0 unspecified atom stereocenters. The van der Waals surface area contributed by atoms with Gasteiger partial charge in [0.1, 0.15) is 0 Å². The summed E-state index contributed by atoms with van der Waals surface area (Å²) in [6.07, 6.45) is 0.946. The van der Waals surface area contributed by atoms with Crippen LogP contribution in [0.15, 0.2) is 33.9 Å². The molecule has 0 aliphatic carbocycles. The molecule has 1 N–H and O–H groups in total. The lowest BCUT2D eigenvalue weighted by atomic mass is 10.1. The molecule has 0 spiro atoms. The van der Waals surface area contributed by atoms with E-state index in [-0.39, 0.29) is 5.71 Å². The molecule has 0 aliphatic heterocycles. The minimum absolute atomic E-state index is 0.0262. The van der Waals surface area contributed by atoms with Crippen molar-refractivity contribution in [3.63, 3.8) is 0 Å². The predicted octanol–water partition coefficient (Wildman–Crippen LogP) is 2.38. The van der Waals surface area contributed by atoms with Crippen molar-refractivity contribution < 1.29 is 14.7 Å². The van der Waals surface area contributed by atoms with Gasteiger partial charge in [-0.15, -0.1) is 0 Å². The van der Waals surface area contributed by atoms with E-state index in [1.54, 1.807) is 0 Å². The Morgan fingerprint density at radius 1 is 1.50 bits per heavy atom. The maximum absolute atomic E-state index is 11.1. The molecule has 86 valence electrons. The molecule has 1 aromatic rings. The minimum Gasteiger partial charge on any atom is -0.464 e. The Balaban J connectivity index is 2.64. The van der Waals surface area contributed by atoms with Gasteiger partial charge in [0.25, 0.3) is 0 Å². The van der Waals surface area contributed by atoms with Gasteiger partial charge < -0.3 is 9.94 Å². The Hall–Kier alpha value is -1.36. The van der Waals surface area contributed by atoms with Gasteiger partial charge in [-0.25, -0.2) is 4.79 Å². The monoisotopic (exact) mass is 285 g/mol. The van der Waals surface area contributed by atoms with Crippen molar-refractivity contribution in [1.82, 2.24) is 0 Å². The highest BCUT2D eigenvalue weighted by molar-refractivity contribution is 9.10. The number of aryl methyl sites for hydroxylation is 1. The van der Waals surface area contributed by atoms with Crippen LogP contribution in [0.3, 0.4) is 0 Å². The second-order valence-electron chi connectivity index (χ2n) is 3.13. The number of methoxy groups -OCH3 is 1. The molecular formula is C11H12BrNO3. The number of carbonyl (C=O) groups excluding carboxylic acids is 1. The Labute approximate surface area is 102 Å². The van der Waals surface area contributed by atoms with E-state index in [0.29, 0.717) is 12.8 Å². The fraction of sp³-hybridized carbons (Fsp3) is 0.273. The predicted molar refractivity (Wildman–Crippen MR) is 63.7 cm³/mol. The molecule has 5 heteroatoms. The Morgan fingerprint density at radius 3 is 2.75 bits per heavy atom. The number of halogens is 1. The van der Waals surface area contributed by atoms with Crippen molar-refractivity contribution in [3.8, 4) is 0 Å². The largest absolute Gasteiger partial charge is 0.464 e. The Kier molecular flexibility index (Phi) is 4.98. The van der Waals surface area contributed by atoms with Crippen molar-refractivity contribution in [3.05, 3.63) is 34.3 Å². The minimum atomic E-state index is -0.602. The fourth-order valence-electron chi connectivity index (χ4n) is 1.26. The van der Waals surface area contributed by atoms with Gasteiger partial charge in [0.15, 0.2) is 5.71 Å². The van der Waals surface area contributed by atoms with Gasteiger partial charge >= 0.3 is 5.97 Å². The molecule has 1 aromatic carbocycles. The molecule has 0 fully saturated rings. The topological polar surface area (TPSA) is 58.9 Å². The van der Waals surface area contributed by atoms with Crippen molar-refractivity contribution in [2.45, 2.75) is 12.8 Å². The van der Waals surface area contributed by atoms with Crippen molar-refractivity contribution in [2.24, 2.45) is 5.16 Å². The van der Waals surface area contributed by atoms with E-state index in [4.69, 9.17) is 5.21 Å². The fourth-order valence-corrected chi connectivity index (χ4v) is 1.75. The van der Waals surface area contributed by atoms with Gasteiger partial charge in [-0.1, -0.05) is 39.3 Å². The van der Waals surface area contributed by atoms with Crippen LogP contribution in [0, 0.1) is 0 Å². The summed E-state index contributed by atoms with van der Waals surface area (Å²) in [5.74, 6) is -0.602. The zero-order valence-electron chi connectivity index (χ0n) is 8.81. The number of rotatable bonds is 4. The SMILES string of the molecule is COC(=O)C(CCc1ccccc1Br)=NO. The molecule has 1 rings (SSSR count). The first kappa shape index (κ1) is 12.7. The van der Waals surface area contributed by atoms with Crippen LogP contribution in [0.5, 0.6) is 0 Å². The lowest BCUT2D eigenvalue weighted by Gasteiger charge is -2.04. The summed E-state index contributed by atoms with van der Waals surface area (Å²) < 4.78 is 5.45. The lowest BCUT2D eigenvalue weighted by molar-refractivity contribution is -0.133. The van der Waals surface area contributed by atoms with Crippen LogP contribution < -0.4 is 0 Å². The van der Waals surface area contributed by atoms with Crippen molar-refractivity contribution in [1.29, 1.82) is 0 Å². The molecule has 4 nitrogen and oxygen atoms in total. The summed E-state index contributed by atoms with van der Waals surface area (Å²) in [6.45, 7) is 0. The van der Waals surface area contributed by atoms with Gasteiger partial charge in [-0.3, -0.25) is 0 Å². The standard InChI is InChI=1S/C11H12BrNO3/c1-16-11(14)10(13-15)7-6-8-4-2-3-5-9(8)12/h2-5,15H,6-7H2,1H3. The molecule has 0 aromatic heterocycles. The van der Waals surface area contributed by atoms with Gasteiger partial charge in [0.05, 0.1) is 7.11 Å². The number of benzene rings is 1. The highest BCUT2D eigenvalue weighted by Crippen LogP contribution is 2.17. The van der Waals surface area contributed by atoms with Crippen LogP contribution in [-0.4, -0.2) is 24.0 Å². The number of ether oxygens (including phenoxy) is 1. The van der Waals surface area contributed by atoms with Crippen LogP contribution >= 0.6 is 15.9 Å². The maximum Gasteiger partial charge on any atom is 0.355 e. The van der Waals surface area contributed by atoms with E-state index in [1.807, 2.05) is 24.3 Å². The van der Waals surface area contributed by atoms with Crippen molar-refractivity contribution >= 4 is 27.6 Å². The van der Waals surface area contributed by atoms with Gasteiger partial charge in [-0.2, -0.15) is 0 Å². The third-order valence-electron chi connectivity index (χ3n) is 2.13. The average molecular weight is 286 g/mol. The van der Waals surface area contributed by atoms with E-state index in [1.165, 1.54) is 7.11 Å². The average Bonchev–Trinajstić information content (AvgIpc) is 2.31. The van der Waals surface area contributed by atoms with Crippen LogP contribution in [0.4, 0.5) is 0 Å². The van der Waals surface area contributed by atoms with E-state index >= 15 is 0 Å². The van der Waals surface area contributed by atoms with E-state index < -0.39 is 5.97 Å². The molecule has 0 bridgehead atoms. The molecule has 0 atom stereocenters. The normalized spacial score (nSPS) is 11.2. The van der Waals surface area contributed by atoms with Gasteiger partial charge in [0.2, 0.25) is 0 Å². The van der Waals surface area contributed by atoms with E-state index in [2.05, 4.69) is 25.8 Å². The molecule has 0 radical (unpaired) electrons. The second kappa shape index (κ2) is 6.27. The molecule has 0 aliphatic rings. The van der Waals surface area contributed by atoms with Gasteiger partial charge in [-0.05, 0) is 18.1 Å². The summed E-state index contributed by atoms with van der Waals surface area (Å²) in [6, 6.07) is 7.68. The first-order chi connectivity index (χ1) is 7.69. The molecule has 16 heavy (non-hydrogen) atoms. The van der Waals surface area contributed by atoms with E-state index in [9.17, 15) is 4.79 Å². The molecule has 0 heterocycles. The zero-order chi connectivity index (χ0) is 12.0. The maximum atomic E-state index is 11.1. The molecular weight excluding hydrogens is 274 g/mol. The second-order valence-corrected chi connectivity index (χ2v) is 3.98. The highest BCUT2D eigenvalue weighted by Gasteiger charge is 2.12. The van der Waals surface area contributed by atoms with Crippen LogP contribution in [0.2, 0.25) is 0 Å². The summed E-state index contributed by atoms with van der Waals surface area (Å²) >= 11 is 3.40. The number of nitrogens with zero attached hydrogens (tertiary/aromatic N) is 1. The Bertz CT molecular complexity index is 404. The smallest absolute Gasteiger partial charge is 0.355 e. The first-order valence-electron chi connectivity index (χ1n) is 4.71. The third-order valence-corrected chi connectivity index (χ3v) is 2.90. The summed E-state index contributed by atoms with van der Waals surface area (Å²) in [4.78, 5) is 11.1. The van der Waals surface area contributed by atoms with Crippen LogP contribution in [0.25, 0.3) is 0 Å². The number of carbonyl (C=O) groups is 1. The molecule has 0 amide bonds. The van der Waals surface area contributed by atoms with Crippen LogP contribution in [-0.2, 0) is 16.0 Å². The summed E-state index contributed by atoms with van der Waals surface area (Å²) in [5.41, 5.74) is 1.07. The number of hydrogen-bond acceptors (Lipinski definition) is 4. The van der Waals surface area contributed by atoms with Crippen LogP contribution in [0.1, 0.15) is 12.0 Å². The number of esters is 1. The lowest BCUT2D eigenvalue weighted by Crippen LogP contribution is -2.16. The molecule has 0 saturated heterocycles. The first-order valence-corrected chi connectivity index (χ1v) is 5.51. The summed E-state index contributed by atoms with van der Waals surface area (Å²) in [5, 5.41) is 11.6. The third kappa shape index (κ3) is 3.34. The van der Waals surface area contributed by atoms with Gasteiger partial charge in [0, 0.05) is 10.9 Å². The number of hydrogen-bond donors (Lipinski definition) is 1.